The number of nitrogens with two attached hydrogens (primary N) is 1. The maximum Gasteiger partial charge on any atom is 0.148 e. The van der Waals surface area contributed by atoms with Gasteiger partial charge >= 0.3 is 0 Å². The molecule has 0 aliphatic rings. The minimum absolute atomic E-state index is 0.262. The van der Waals surface area contributed by atoms with Crippen LogP contribution >= 0.6 is 0 Å². The van der Waals surface area contributed by atoms with Crippen molar-refractivity contribution < 1.29 is 0 Å². The van der Waals surface area contributed by atoms with Gasteiger partial charge < -0.3 is 10.7 Å². The summed E-state index contributed by atoms with van der Waals surface area (Å²) in [6.07, 6.45) is 3.40. The van der Waals surface area contributed by atoms with E-state index in [2.05, 4.69) is 39.7 Å². The Hall–Kier alpha value is -2.15. The highest BCUT2D eigenvalue weighted by Gasteiger charge is 2.14. The quantitative estimate of drug-likeness (QED) is 0.553. The number of aromatic nitrogens is 4. The highest BCUT2D eigenvalue weighted by Crippen LogP contribution is 2.27. The first-order valence-electron chi connectivity index (χ1n) is 6.15. The van der Waals surface area contributed by atoms with Crippen LogP contribution in [0.5, 0.6) is 0 Å². The second kappa shape index (κ2) is 5.66. The van der Waals surface area contributed by atoms with Crippen LogP contribution < -0.4 is 16.6 Å². The van der Waals surface area contributed by atoms with E-state index < -0.39 is 0 Å². The Morgan fingerprint density at radius 3 is 2.63 bits per heavy atom. The van der Waals surface area contributed by atoms with Gasteiger partial charge in [-0.3, -0.25) is 4.68 Å². The zero-order chi connectivity index (χ0) is 13.8. The van der Waals surface area contributed by atoms with E-state index in [1.807, 2.05) is 19.3 Å². The Kier molecular flexibility index (Phi) is 3.96. The Labute approximate surface area is 112 Å². The van der Waals surface area contributed by atoms with E-state index in [4.69, 9.17) is 5.84 Å². The molecule has 19 heavy (non-hydrogen) atoms. The van der Waals surface area contributed by atoms with E-state index in [0.717, 1.165) is 17.1 Å². The van der Waals surface area contributed by atoms with Crippen molar-refractivity contribution in [3.8, 4) is 0 Å². The third-order valence-electron chi connectivity index (χ3n) is 2.80. The molecular weight excluding hydrogens is 242 g/mol. The van der Waals surface area contributed by atoms with Crippen molar-refractivity contribution in [3.63, 3.8) is 0 Å². The average molecular weight is 261 g/mol. The number of nitrogens with zero attached hydrogens (tertiary/aromatic N) is 4. The lowest BCUT2D eigenvalue weighted by Crippen LogP contribution is -2.15. The van der Waals surface area contributed by atoms with Crippen molar-refractivity contribution in [2.75, 3.05) is 10.7 Å². The molecule has 7 nitrogen and oxygen atoms in total. The first-order chi connectivity index (χ1) is 9.11. The molecule has 2 aromatic heterocycles. The average Bonchev–Trinajstić information content (AvgIpc) is 2.81. The summed E-state index contributed by atoms with van der Waals surface area (Å²) in [6.45, 7) is 4.76. The minimum atomic E-state index is 0.262. The molecule has 0 aliphatic carbocycles. The van der Waals surface area contributed by atoms with Gasteiger partial charge in [0, 0.05) is 18.8 Å². The van der Waals surface area contributed by atoms with Crippen LogP contribution in [-0.2, 0) is 13.6 Å². The van der Waals surface area contributed by atoms with Gasteiger partial charge in [0.05, 0.1) is 12.2 Å². The summed E-state index contributed by atoms with van der Waals surface area (Å²) in [6, 6.07) is 1.96. The monoisotopic (exact) mass is 261 g/mol. The highest BCUT2D eigenvalue weighted by atomic mass is 15.3. The Morgan fingerprint density at radius 1 is 1.32 bits per heavy atom. The number of rotatable bonds is 5. The van der Waals surface area contributed by atoms with Crippen LogP contribution in [0.4, 0.5) is 11.6 Å². The number of hydrogen-bond acceptors (Lipinski definition) is 6. The van der Waals surface area contributed by atoms with E-state index >= 15 is 0 Å². The second-order valence-electron chi connectivity index (χ2n) is 4.62. The van der Waals surface area contributed by atoms with Gasteiger partial charge in [-0.25, -0.2) is 15.8 Å². The minimum Gasteiger partial charge on any atom is -0.364 e. The number of hydrogen-bond donors (Lipinski definition) is 3. The Balaban J connectivity index is 2.19. The summed E-state index contributed by atoms with van der Waals surface area (Å²) < 4.78 is 1.77. The summed E-state index contributed by atoms with van der Waals surface area (Å²) >= 11 is 0. The van der Waals surface area contributed by atoms with E-state index in [1.54, 1.807) is 4.68 Å². The van der Waals surface area contributed by atoms with Gasteiger partial charge in [0.2, 0.25) is 0 Å². The molecule has 2 aromatic rings. The molecule has 2 heterocycles. The van der Waals surface area contributed by atoms with Crippen molar-refractivity contribution in [2.24, 2.45) is 12.9 Å². The predicted octanol–water partition coefficient (Wildman–Crippen LogP) is 1.23. The highest BCUT2D eigenvalue weighted by molar-refractivity contribution is 5.58. The lowest BCUT2D eigenvalue weighted by Gasteiger charge is -2.15. The maximum atomic E-state index is 5.48. The van der Waals surface area contributed by atoms with Crippen molar-refractivity contribution in [3.05, 3.63) is 29.8 Å². The van der Waals surface area contributed by atoms with Gasteiger partial charge in [0.1, 0.15) is 18.0 Å². The van der Waals surface area contributed by atoms with Gasteiger partial charge in [-0.2, -0.15) is 5.10 Å². The largest absolute Gasteiger partial charge is 0.364 e. The molecule has 0 radical (unpaired) electrons. The SMILES string of the molecule is CC(C)c1c(NN)ncnc1NCc1ccn(C)n1. The number of nitrogen functional groups attached to an aromatic ring is 1. The third kappa shape index (κ3) is 3.00. The van der Waals surface area contributed by atoms with E-state index in [-0.39, 0.29) is 5.92 Å². The van der Waals surface area contributed by atoms with E-state index in [9.17, 15) is 0 Å². The fourth-order valence-electron chi connectivity index (χ4n) is 1.93. The summed E-state index contributed by atoms with van der Waals surface area (Å²) in [7, 11) is 1.89. The van der Waals surface area contributed by atoms with Gasteiger partial charge in [-0.15, -0.1) is 0 Å². The maximum absolute atomic E-state index is 5.48. The molecule has 0 unspecified atom stereocenters. The molecule has 0 aromatic carbocycles. The molecule has 0 spiro atoms. The fourth-order valence-corrected chi connectivity index (χ4v) is 1.93. The molecule has 0 saturated carbocycles. The second-order valence-corrected chi connectivity index (χ2v) is 4.62. The normalized spacial score (nSPS) is 10.8. The molecule has 7 heteroatoms. The summed E-state index contributed by atoms with van der Waals surface area (Å²) in [5.74, 6) is 7.17. The molecule has 4 N–H and O–H groups in total. The lowest BCUT2D eigenvalue weighted by atomic mass is 10.0. The summed E-state index contributed by atoms with van der Waals surface area (Å²) in [5.41, 5.74) is 4.54. The summed E-state index contributed by atoms with van der Waals surface area (Å²) in [5, 5.41) is 7.59. The van der Waals surface area contributed by atoms with Crippen LogP contribution in [0, 0.1) is 0 Å². The zero-order valence-corrected chi connectivity index (χ0v) is 11.4. The van der Waals surface area contributed by atoms with Gasteiger partial charge in [0.25, 0.3) is 0 Å². The first-order valence-corrected chi connectivity index (χ1v) is 6.15. The fraction of sp³-hybridized carbons (Fsp3) is 0.417. The molecule has 0 atom stereocenters. The number of aryl methyl sites for hydroxylation is 1. The lowest BCUT2D eigenvalue weighted by molar-refractivity contribution is 0.746. The van der Waals surface area contributed by atoms with Gasteiger partial charge in [-0.1, -0.05) is 13.8 Å². The van der Waals surface area contributed by atoms with Crippen molar-refractivity contribution in [1.82, 2.24) is 19.7 Å². The van der Waals surface area contributed by atoms with E-state index in [0.29, 0.717) is 12.4 Å². The predicted molar refractivity (Wildman–Crippen MR) is 74.5 cm³/mol. The number of nitrogens with one attached hydrogen (secondary N) is 2. The van der Waals surface area contributed by atoms with Crippen LogP contribution in [0.25, 0.3) is 0 Å². The molecular formula is C12H19N7. The molecule has 102 valence electrons. The molecule has 0 bridgehead atoms. The van der Waals surface area contributed by atoms with Crippen molar-refractivity contribution in [2.45, 2.75) is 26.3 Å². The van der Waals surface area contributed by atoms with Crippen molar-refractivity contribution >= 4 is 11.6 Å². The van der Waals surface area contributed by atoms with Gasteiger partial charge in [-0.05, 0) is 12.0 Å². The smallest absolute Gasteiger partial charge is 0.148 e. The summed E-state index contributed by atoms with van der Waals surface area (Å²) in [4.78, 5) is 8.41. The van der Waals surface area contributed by atoms with Crippen LogP contribution in [0.3, 0.4) is 0 Å². The first kappa shape index (κ1) is 13.3. The van der Waals surface area contributed by atoms with Gasteiger partial charge in [0.15, 0.2) is 0 Å². The standard InChI is InChI=1S/C12H19N7/c1-8(2)10-11(15-7-16-12(10)17-13)14-6-9-4-5-19(3)18-9/h4-5,7-8H,6,13H2,1-3H3,(H2,14,15,16,17). The Morgan fingerprint density at radius 2 is 2.05 bits per heavy atom. The van der Waals surface area contributed by atoms with Crippen LogP contribution in [0.2, 0.25) is 0 Å². The van der Waals surface area contributed by atoms with Crippen LogP contribution in [0.15, 0.2) is 18.6 Å². The molecule has 0 amide bonds. The van der Waals surface area contributed by atoms with Crippen LogP contribution in [-0.4, -0.2) is 19.7 Å². The number of hydrazine groups is 1. The molecule has 2 rings (SSSR count). The Bertz CT molecular complexity index is 547. The topological polar surface area (TPSA) is 93.7 Å². The zero-order valence-electron chi connectivity index (χ0n) is 11.4. The number of anilines is 2. The molecule has 0 saturated heterocycles. The van der Waals surface area contributed by atoms with E-state index in [1.165, 1.54) is 6.33 Å². The van der Waals surface area contributed by atoms with Crippen LogP contribution in [0.1, 0.15) is 31.0 Å². The molecule has 0 fully saturated rings. The van der Waals surface area contributed by atoms with Crippen molar-refractivity contribution in [1.29, 1.82) is 0 Å². The molecule has 0 aliphatic heterocycles. The third-order valence-corrected chi connectivity index (χ3v) is 2.80.